The lowest BCUT2D eigenvalue weighted by atomic mass is 9.66. The number of ether oxygens (including phenoxy) is 1. The van der Waals surface area contributed by atoms with E-state index >= 15 is 0 Å². The zero-order valence-corrected chi connectivity index (χ0v) is 9.61. The summed E-state index contributed by atoms with van der Waals surface area (Å²) >= 11 is 0. The second-order valence-electron chi connectivity index (χ2n) is 6.37. The fourth-order valence-electron chi connectivity index (χ4n) is 2.81. The maximum Gasteiger partial charge on any atom is 0.0952 e. The normalized spacial score (nSPS) is 50.1. The molecule has 2 aliphatic rings. The average Bonchev–Trinajstić information content (AvgIpc) is 2.49. The van der Waals surface area contributed by atoms with Gasteiger partial charge in [-0.05, 0) is 44.4 Å². The van der Waals surface area contributed by atoms with Gasteiger partial charge in [-0.2, -0.15) is 0 Å². The van der Waals surface area contributed by atoms with E-state index in [9.17, 15) is 0 Å². The van der Waals surface area contributed by atoms with Crippen LogP contribution < -0.4 is 0 Å². The first-order valence-electron chi connectivity index (χ1n) is 5.47. The number of hydrogen-bond donors (Lipinski definition) is 0. The summed E-state index contributed by atoms with van der Waals surface area (Å²) < 4.78 is 5.88. The lowest BCUT2D eigenvalue weighted by molar-refractivity contribution is 0.156. The fraction of sp³-hybridized carbons (Fsp3) is 1.00. The predicted molar refractivity (Wildman–Crippen MR) is 54.7 cm³/mol. The number of rotatable bonds is 0. The van der Waals surface area contributed by atoms with Crippen LogP contribution in [0.2, 0.25) is 0 Å². The summed E-state index contributed by atoms with van der Waals surface area (Å²) in [6.07, 6.45) is 3.86. The highest BCUT2D eigenvalue weighted by Crippen LogP contribution is 2.60. The molecule has 0 bridgehead atoms. The van der Waals surface area contributed by atoms with Crippen molar-refractivity contribution in [2.45, 2.75) is 65.1 Å². The van der Waals surface area contributed by atoms with Crippen molar-refractivity contribution >= 4 is 0 Å². The Labute approximate surface area is 81.9 Å². The number of hydrogen-bond acceptors (Lipinski definition) is 1. The summed E-state index contributed by atoms with van der Waals surface area (Å²) in [7, 11) is 0. The second kappa shape index (κ2) is 2.31. The number of epoxide rings is 1. The van der Waals surface area contributed by atoms with Crippen LogP contribution in [0.5, 0.6) is 0 Å². The first-order valence-corrected chi connectivity index (χ1v) is 5.47. The Kier molecular flexibility index (Phi) is 1.69. The standard InChI is InChI=1S/C12H22O/c1-10(2,3)9-6-7-11(4)12(5,8-9)13-11/h9H,6-8H2,1-5H3. The summed E-state index contributed by atoms with van der Waals surface area (Å²) in [6.45, 7) is 11.6. The molecule has 76 valence electrons. The maximum atomic E-state index is 5.88. The highest BCUT2D eigenvalue weighted by Gasteiger charge is 2.66. The van der Waals surface area contributed by atoms with Crippen molar-refractivity contribution < 1.29 is 4.74 Å². The van der Waals surface area contributed by atoms with Gasteiger partial charge in [0.05, 0.1) is 11.2 Å². The topological polar surface area (TPSA) is 12.5 Å². The first kappa shape index (κ1) is 9.51. The molecule has 0 aromatic carbocycles. The van der Waals surface area contributed by atoms with Crippen LogP contribution in [0.4, 0.5) is 0 Å². The van der Waals surface area contributed by atoms with Crippen molar-refractivity contribution in [2.24, 2.45) is 11.3 Å². The van der Waals surface area contributed by atoms with Crippen molar-refractivity contribution in [3.05, 3.63) is 0 Å². The molecule has 0 amide bonds. The molecule has 3 atom stereocenters. The Morgan fingerprint density at radius 1 is 1.15 bits per heavy atom. The molecule has 1 aliphatic heterocycles. The highest BCUT2D eigenvalue weighted by atomic mass is 16.6. The second-order valence-corrected chi connectivity index (χ2v) is 6.37. The summed E-state index contributed by atoms with van der Waals surface area (Å²) in [5.41, 5.74) is 0.897. The van der Waals surface area contributed by atoms with Crippen LogP contribution in [0.3, 0.4) is 0 Å². The third-order valence-electron chi connectivity index (χ3n) is 4.36. The zero-order valence-electron chi connectivity index (χ0n) is 9.61. The van der Waals surface area contributed by atoms with E-state index in [0.717, 1.165) is 5.92 Å². The largest absolute Gasteiger partial charge is 0.363 e. The van der Waals surface area contributed by atoms with Gasteiger partial charge in [0, 0.05) is 0 Å². The highest BCUT2D eigenvalue weighted by molar-refractivity contribution is 5.14. The Balaban J connectivity index is 2.08. The molecule has 1 saturated heterocycles. The third kappa shape index (κ3) is 1.32. The van der Waals surface area contributed by atoms with Crippen LogP contribution >= 0.6 is 0 Å². The summed E-state index contributed by atoms with van der Waals surface area (Å²) in [4.78, 5) is 0. The van der Waals surface area contributed by atoms with Crippen LogP contribution in [-0.2, 0) is 4.74 Å². The molecule has 0 spiro atoms. The van der Waals surface area contributed by atoms with Gasteiger partial charge < -0.3 is 4.74 Å². The molecule has 0 radical (unpaired) electrons. The summed E-state index contributed by atoms with van der Waals surface area (Å²) in [5, 5.41) is 0. The number of fused-ring (bicyclic) bond motifs is 1. The molecule has 0 aromatic heterocycles. The van der Waals surface area contributed by atoms with Crippen molar-refractivity contribution in [3.63, 3.8) is 0 Å². The van der Waals surface area contributed by atoms with Gasteiger partial charge in [-0.15, -0.1) is 0 Å². The summed E-state index contributed by atoms with van der Waals surface area (Å²) in [5.74, 6) is 0.841. The van der Waals surface area contributed by atoms with Gasteiger partial charge in [0.25, 0.3) is 0 Å². The monoisotopic (exact) mass is 182 g/mol. The molecular formula is C12H22O. The van der Waals surface area contributed by atoms with Crippen LogP contribution in [0.15, 0.2) is 0 Å². The Morgan fingerprint density at radius 2 is 1.77 bits per heavy atom. The van der Waals surface area contributed by atoms with Crippen LogP contribution in [0, 0.1) is 11.3 Å². The third-order valence-corrected chi connectivity index (χ3v) is 4.36. The summed E-state index contributed by atoms with van der Waals surface area (Å²) in [6, 6.07) is 0. The van der Waals surface area contributed by atoms with Crippen molar-refractivity contribution in [1.82, 2.24) is 0 Å². The van der Waals surface area contributed by atoms with Gasteiger partial charge in [-0.3, -0.25) is 0 Å². The van der Waals surface area contributed by atoms with E-state index in [0.29, 0.717) is 5.41 Å². The molecule has 3 unspecified atom stereocenters. The molecule has 0 aromatic rings. The quantitative estimate of drug-likeness (QED) is 0.523. The van der Waals surface area contributed by atoms with Crippen LogP contribution in [0.1, 0.15) is 53.9 Å². The minimum absolute atomic E-state index is 0.212. The minimum atomic E-state index is 0.212. The molecule has 1 aliphatic carbocycles. The predicted octanol–water partition coefficient (Wildman–Crippen LogP) is 3.38. The maximum absolute atomic E-state index is 5.88. The van der Waals surface area contributed by atoms with Gasteiger partial charge in [0.2, 0.25) is 0 Å². The van der Waals surface area contributed by atoms with E-state index in [2.05, 4.69) is 34.6 Å². The Morgan fingerprint density at radius 3 is 2.23 bits per heavy atom. The lowest BCUT2D eigenvalue weighted by Crippen LogP contribution is -2.35. The molecular weight excluding hydrogens is 160 g/mol. The fourth-order valence-corrected chi connectivity index (χ4v) is 2.81. The van der Waals surface area contributed by atoms with Crippen LogP contribution in [-0.4, -0.2) is 11.2 Å². The van der Waals surface area contributed by atoms with E-state index in [1.807, 2.05) is 0 Å². The molecule has 13 heavy (non-hydrogen) atoms. The molecule has 1 saturated carbocycles. The Bertz CT molecular complexity index is 228. The van der Waals surface area contributed by atoms with Gasteiger partial charge in [-0.1, -0.05) is 20.8 Å². The molecule has 1 heterocycles. The van der Waals surface area contributed by atoms with Crippen LogP contribution in [0.25, 0.3) is 0 Å². The van der Waals surface area contributed by atoms with Crippen molar-refractivity contribution in [1.29, 1.82) is 0 Å². The Hall–Kier alpha value is -0.0400. The molecule has 2 rings (SSSR count). The van der Waals surface area contributed by atoms with E-state index in [1.54, 1.807) is 0 Å². The van der Waals surface area contributed by atoms with Crippen molar-refractivity contribution in [2.75, 3.05) is 0 Å². The van der Waals surface area contributed by atoms with Gasteiger partial charge in [-0.25, -0.2) is 0 Å². The SMILES string of the molecule is CC(C)(C)C1CCC2(C)OC2(C)C1. The molecule has 1 heteroatoms. The zero-order chi connectivity index (χ0) is 9.91. The van der Waals surface area contributed by atoms with E-state index < -0.39 is 0 Å². The molecule has 1 nitrogen and oxygen atoms in total. The van der Waals surface area contributed by atoms with Gasteiger partial charge in [0.1, 0.15) is 0 Å². The molecule has 0 N–H and O–H groups in total. The van der Waals surface area contributed by atoms with Gasteiger partial charge >= 0.3 is 0 Å². The smallest absolute Gasteiger partial charge is 0.0952 e. The van der Waals surface area contributed by atoms with Crippen molar-refractivity contribution in [3.8, 4) is 0 Å². The van der Waals surface area contributed by atoms with E-state index in [1.165, 1.54) is 19.3 Å². The van der Waals surface area contributed by atoms with E-state index in [-0.39, 0.29) is 11.2 Å². The minimum Gasteiger partial charge on any atom is -0.363 e. The van der Waals surface area contributed by atoms with Gasteiger partial charge in [0.15, 0.2) is 0 Å². The lowest BCUT2D eigenvalue weighted by Gasteiger charge is -2.36. The van der Waals surface area contributed by atoms with E-state index in [4.69, 9.17) is 4.74 Å². The first-order chi connectivity index (χ1) is 5.77. The molecule has 2 fully saturated rings. The average molecular weight is 182 g/mol.